The summed E-state index contributed by atoms with van der Waals surface area (Å²) in [6, 6.07) is 3.48. The topological polar surface area (TPSA) is 80.9 Å². The molecule has 2 rings (SSSR count). The van der Waals surface area contributed by atoms with Crippen molar-refractivity contribution in [3.63, 3.8) is 0 Å². The van der Waals surface area contributed by atoms with E-state index in [1.807, 2.05) is 0 Å². The van der Waals surface area contributed by atoms with Gasteiger partial charge in [0.15, 0.2) is 5.69 Å². The van der Waals surface area contributed by atoms with Crippen molar-refractivity contribution in [2.24, 2.45) is 0 Å². The highest BCUT2D eigenvalue weighted by molar-refractivity contribution is 5.92. The van der Waals surface area contributed by atoms with Crippen LogP contribution < -0.4 is 11.1 Å². The second kappa shape index (κ2) is 5.61. The Labute approximate surface area is 101 Å². The minimum atomic E-state index is -0.149. The molecule has 1 aliphatic carbocycles. The minimum Gasteiger partial charge on any atom is -0.382 e. The average Bonchev–Trinajstić information content (AvgIpc) is 2.58. The molecular weight excluding hydrogens is 216 g/mol. The Morgan fingerprint density at radius 1 is 1.18 bits per heavy atom. The molecule has 1 aromatic rings. The number of anilines is 1. The number of hydrogen-bond acceptors (Lipinski definition) is 4. The molecule has 5 heteroatoms. The molecule has 5 nitrogen and oxygen atoms in total. The summed E-state index contributed by atoms with van der Waals surface area (Å²) in [5.41, 5.74) is 5.76. The number of carbonyl (C=O) groups excluding carboxylic acids is 1. The van der Waals surface area contributed by atoms with Gasteiger partial charge in [-0.2, -0.15) is 0 Å². The van der Waals surface area contributed by atoms with Crippen LogP contribution in [0.1, 0.15) is 49.0 Å². The van der Waals surface area contributed by atoms with Crippen LogP contribution in [0.15, 0.2) is 12.1 Å². The molecule has 1 heterocycles. The number of rotatable bonds is 2. The second-order valence-corrected chi connectivity index (χ2v) is 4.51. The first-order valence-electron chi connectivity index (χ1n) is 6.16. The third-order valence-corrected chi connectivity index (χ3v) is 3.11. The van der Waals surface area contributed by atoms with Crippen LogP contribution in [0.3, 0.4) is 0 Å². The van der Waals surface area contributed by atoms with Crippen molar-refractivity contribution in [3.8, 4) is 0 Å². The SMILES string of the molecule is Nc1ccc(C(=O)NC2CCCCCC2)nn1. The van der Waals surface area contributed by atoms with Crippen molar-refractivity contribution in [2.45, 2.75) is 44.6 Å². The first-order valence-corrected chi connectivity index (χ1v) is 6.16. The van der Waals surface area contributed by atoms with Gasteiger partial charge in [-0.25, -0.2) is 0 Å². The van der Waals surface area contributed by atoms with Crippen LogP contribution in [0.5, 0.6) is 0 Å². The molecule has 0 spiro atoms. The van der Waals surface area contributed by atoms with Crippen molar-refractivity contribution in [2.75, 3.05) is 5.73 Å². The molecule has 1 aliphatic rings. The van der Waals surface area contributed by atoms with Crippen LogP contribution in [-0.2, 0) is 0 Å². The zero-order chi connectivity index (χ0) is 12.1. The molecule has 1 aromatic heterocycles. The van der Waals surface area contributed by atoms with E-state index in [4.69, 9.17) is 5.73 Å². The Hall–Kier alpha value is -1.65. The Morgan fingerprint density at radius 3 is 2.47 bits per heavy atom. The summed E-state index contributed by atoms with van der Waals surface area (Å²) in [5.74, 6) is 0.181. The summed E-state index contributed by atoms with van der Waals surface area (Å²) in [5, 5.41) is 10.5. The van der Waals surface area contributed by atoms with Crippen molar-refractivity contribution >= 4 is 11.7 Å². The van der Waals surface area contributed by atoms with Crippen molar-refractivity contribution in [1.82, 2.24) is 15.5 Å². The van der Waals surface area contributed by atoms with E-state index in [9.17, 15) is 4.79 Å². The highest BCUT2D eigenvalue weighted by Gasteiger charge is 2.16. The van der Waals surface area contributed by atoms with Gasteiger partial charge in [-0.05, 0) is 25.0 Å². The van der Waals surface area contributed by atoms with Crippen molar-refractivity contribution in [3.05, 3.63) is 17.8 Å². The first kappa shape index (κ1) is 11.8. The predicted octanol–water partition coefficient (Wildman–Crippen LogP) is 1.51. The molecule has 0 aliphatic heterocycles. The predicted molar refractivity (Wildman–Crippen MR) is 65.4 cm³/mol. The lowest BCUT2D eigenvalue weighted by Crippen LogP contribution is -2.35. The second-order valence-electron chi connectivity index (χ2n) is 4.51. The highest BCUT2D eigenvalue weighted by atomic mass is 16.2. The smallest absolute Gasteiger partial charge is 0.272 e. The van der Waals surface area contributed by atoms with Crippen LogP contribution in [0.2, 0.25) is 0 Å². The minimum absolute atomic E-state index is 0.149. The number of carbonyl (C=O) groups is 1. The van der Waals surface area contributed by atoms with Gasteiger partial charge in [0.05, 0.1) is 0 Å². The summed E-state index contributed by atoms with van der Waals surface area (Å²) >= 11 is 0. The normalized spacial score (nSPS) is 17.4. The largest absolute Gasteiger partial charge is 0.382 e. The number of aromatic nitrogens is 2. The van der Waals surface area contributed by atoms with Gasteiger partial charge in [0.25, 0.3) is 5.91 Å². The molecular formula is C12H18N4O. The van der Waals surface area contributed by atoms with E-state index in [0.29, 0.717) is 11.5 Å². The van der Waals surface area contributed by atoms with Gasteiger partial charge < -0.3 is 11.1 Å². The number of nitrogen functional groups attached to an aromatic ring is 1. The average molecular weight is 234 g/mol. The standard InChI is InChI=1S/C12H18N4O/c13-11-8-7-10(15-16-11)12(17)14-9-5-3-1-2-4-6-9/h7-9H,1-6H2,(H2,13,16)(H,14,17). The molecule has 3 N–H and O–H groups in total. The number of nitrogens with one attached hydrogen (secondary N) is 1. The maximum Gasteiger partial charge on any atom is 0.272 e. The number of nitrogens with zero attached hydrogens (tertiary/aromatic N) is 2. The maximum atomic E-state index is 11.9. The third kappa shape index (κ3) is 3.41. The lowest BCUT2D eigenvalue weighted by molar-refractivity contribution is 0.0927. The summed E-state index contributed by atoms with van der Waals surface area (Å²) < 4.78 is 0. The number of amides is 1. The molecule has 1 saturated carbocycles. The highest BCUT2D eigenvalue weighted by Crippen LogP contribution is 2.17. The van der Waals surface area contributed by atoms with Gasteiger partial charge in [0.1, 0.15) is 5.82 Å². The lowest BCUT2D eigenvalue weighted by Gasteiger charge is -2.15. The van der Waals surface area contributed by atoms with E-state index in [1.165, 1.54) is 25.7 Å². The Morgan fingerprint density at radius 2 is 1.88 bits per heavy atom. The molecule has 0 unspecified atom stereocenters. The fourth-order valence-corrected chi connectivity index (χ4v) is 2.15. The Kier molecular flexibility index (Phi) is 3.90. The summed E-state index contributed by atoms with van der Waals surface area (Å²) in [4.78, 5) is 11.9. The first-order chi connectivity index (χ1) is 8.25. The molecule has 17 heavy (non-hydrogen) atoms. The molecule has 0 atom stereocenters. The van der Waals surface area contributed by atoms with Gasteiger partial charge in [-0.1, -0.05) is 25.7 Å². The molecule has 92 valence electrons. The van der Waals surface area contributed by atoms with Crippen LogP contribution >= 0.6 is 0 Å². The van der Waals surface area contributed by atoms with E-state index in [-0.39, 0.29) is 11.9 Å². The Bertz CT molecular complexity index is 369. The molecule has 1 fully saturated rings. The van der Waals surface area contributed by atoms with E-state index in [2.05, 4.69) is 15.5 Å². The van der Waals surface area contributed by atoms with Crippen LogP contribution in [0.25, 0.3) is 0 Å². The maximum absolute atomic E-state index is 11.9. The number of hydrogen-bond donors (Lipinski definition) is 2. The summed E-state index contributed by atoms with van der Waals surface area (Å²) in [6.07, 6.45) is 7.06. The van der Waals surface area contributed by atoms with E-state index < -0.39 is 0 Å². The van der Waals surface area contributed by atoms with Crippen LogP contribution in [0.4, 0.5) is 5.82 Å². The van der Waals surface area contributed by atoms with Gasteiger partial charge in [-0.15, -0.1) is 10.2 Å². The third-order valence-electron chi connectivity index (χ3n) is 3.11. The van der Waals surface area contributed by atoms with Gasteiger partial charge >= 0.3 is 0 Å². The molecule has 0 saturated heterocycles. The summed E-state index contributed by atoms with van der Waals surface area (Å²) in [6.45, 7) is 0. The Balaban J connectivity index is 1.93. The quantitative estimate of drug-likeness (QED) is 0.760. The zero-order valence-electron chi connectivity index (χ0n) is 9.85. The fourth-order valence-electron chi connectivity index (χ4n) is 2.15. The molecule has 0 bridgehead atoms. The van der Waals surface area contributed by atoms with Crippen molar-refractivity contribution < 1.29 is 4.79 Å². The fraction of sp³-hybridized carbons (Fsp3) is 0.583. The monoisotopic (exact) mass is 234 g/mol. The van der Waals surface area contributed by atoms with Crippen molar-refractivity contribution in [1.29, 1.82) is 0 Å². The summed E-state index contributed by atoms with van der Waals surface area (Å²) in [7, 11) is 0. The van der Waals surface area contributed by atoms with Gasteiger partial charge in [0, 0.05) is 6.04 Å². The molecule has 1 amide bonds. The van der Waals surface area contributed by atoms with Gasteiger partial charge in [0.2, 0.25) is 0 Å². The molecule has 0 aromatic carbocycles. The van der Waals surface area contributed by atoms with Gasteiger partial charge in [-0.3, -0.25) is 4.79 Å². The van der Waals surface area contributed by atoms with Crippen LogP contribution in [-0.4, -0.2) is 22.1 Å². The zero-order valence-corrected chi connectivity index (χ0v) is 9.85. The lowest BCUT2D eigenvalue weighted by atomic mass is 10.1. The van der Waals surface area contributed by atoms with Crippen LogP contribution in [0, 0.1) is 0 Å². The van der Waals surface area contributed by atoms with E-state index in [0.717, 1.165) is 12.8 Å². The van der Waals surface area contributed by atoms with E-state index >= 15 is 0 Å². The number of nitrogens with two attached hydrogens (primary N) is 1. The van der Waals surface area contributed by atoms with E-state index in [1.54, 1.807) is 12.1 Å². The molecule has 0 radical (unpaired) electrons.